The van der Waals surface area contributed by atoms with Gasteiger partial charge in [0.2, 0.25) is 5.91 Å². The van der Waals surface area contributed by atoms with Crippen molar-refractivity contribution < 1.29 is 23.9 Å². The summed E-state index contributed by atoms with van der Waals surface area (Å²) in [7, 11) is 1.53. The molecule has 29 heavy (non-hydrogen) atoms. The first-order valence-electron chi connectivity index (χ1n) is 8.87. The summed E-state index contributed by atoms with van der Waals surface area (Å²) in [5.41, 5.74) is 5.54. The minimum Gasteiger partial charge on any atom is -0.497 e. The van der Waals surface area contributed by atoms with Gasteiger partial charge < -0.3 is 9.47 Å². The Morgan fingerprint density at radius 1 is 1.17 bits per heavy atom. The second kappa shape index (κ2) is 9.06. The molecule has 0 unspecified atom stereocenters. The monoisotopic (exact) mass is 461 g/mol. The molecule has 0 bridgehead atoms. The molecule has 1 saturated heterocycles. The third-order valence-electron chi connectivity index (χ3n) is 4.33. The van der Waals surface area contributed by atoms with Gasteiger partial charge in [0.05, 0.1) is 19.2 Å². The maximum absolute atomic E-state index is 12.6. The molecule has 3 rings (SSSR count). The Bertz CT molecular complexity index is 919. The summed E-state index contributed by atoms with van der Waals surface area (Å²) in [4.78, 5) is 38.3. The van der Waals surface area contributed by atoms with Gasteiger partial charge in [0.15, 0.2) is 6.10 Å². The van der Waals surface area contributed by atoms with E-state index in [1.165, 1.54) is 7.11 Å². The fraction of sp³-hybridized carbons (Fsp3) is 0.250. The number of nitrogens with one attached hydrogen (secondary N) is 2. The largest absolute Gasteiger partial charge is 0.497 e. The van der Waals surface area contributed by atoms with Gasteiger partial charge in [-0.2, -0.15) is 0 Å². The highest BCUT2D eigenvalue weighted by Gasteiger charge is 2.39. The molecule has 152 valence electrons. The summed E-state index contributed by atoms with van der Waals surface area (Å²) >= 11 is 3.34. The number of carbonyl (C=O) groups is 3. The quantitative estimate of drug-likeness (QED) is 0.484. The van der Waals surface area contributed by atoms with Crippen molar-refractivity contribution in [2.75, 3.05) is 12.0 Å². The van der Waals surface area contributed by atoms with Crippen molar-refractivity contribution in [3.63, 3.8) is 0 Å². The van der Waals surface area contributed by atoms with Gasteiger partial charge in [-0.3, -0.25) is 19.8 Å². The van der Waals surface area contributed by atoms with Crippen LogP contribution in [0, 0.1) is 0 Å². The van der Waals surface area contributed by atoms with E-state index >= 15 is 0 Å². The summed E-state index contributed by atoms with van der Waals surface area (Å²) in [5, 5.41) is 0. The Morgan fingerprint density at radius 3 is 2.55 bits per heavy atom. The first-order chi connectivity index (χ1) is 13.9. The lowest BCUT2D eigenvalue weighted by Crippen LogP contribution is -2.51. The molecule has 2 aromatic rings. The number of nitrogens with zero attached hydrogens (tertiary/aromatic N) is 1. The SMILES string of the molecule is COc1ccc(N2C(=O)C[C@H](NNC(=O)[C@@H](C)Oc3cccc(Br)c3)C2=O)cc1. The van der Waals surface area contributed by atoms with Crippen LogP contribution in [0.15, 0.2) is 53.0 Å². The van der Waals surface area contributed by atoms with Gasteiger partial charge >= 0.3 is 0 Å². The Morgan fingerprint density at radius 2 is 1.90 bits per heavy atom. The van der Waals surface area contributed by atoms with Crippen LogP contribution in [0.1, 0.15) is 13.3 Å². The summed E-state index contributed by atoms with van der Waals surface area (Å²) in [6, 6.07) is 12.8. The molecule has 0 aliphatic carbocycles. The lowest BCUT2D eigenvalue weighted by Gasteiger charge is -2.18. The number of imide groups is 1. The van der Waals surface area contributed by atoms with E-state index < -0.39 is 24.0 Å². The molecule has 0 saturated carbocycles. The third-order valence-corrected chi connectivity index (χ3v) is 4.82. The second-order valence-electron chi connectivity index (χ2n) is 6.37. The highest BCUT2D eigenvalue weighted by molar-refractivity contribution is 9.10. The van der Waals surface area contributed by atoms with Crippen LogP contribution in [0.5, 0.6) is 11.5 Å². The number of halogens is 1. The second-order valence-corrected chi connectivity index (χ2v) is 7.29. The number of hydrogen-bond acceptors (Lipinski definition) is 6. The number of rotatable bonds is 7. The number of carbonyl (C=O) groups excluding carboxylic acids is 3. The van der Waals surface area contributed by atoms with Crippen LogP contribution in [0.3, 0.4) is 0 Å². The average molecular weight is 462 g/mol. The number of hydrazine groups is 1. The third kappa shape index (κ3) is 4.93. The Balaban J connectivity index is 1.57. The van der Waals surface area contributed by atoms with Gasteiger partial charge in [-0.1, -0.05) is 22.0 Å². The van der Waals surface area contributed by atoms with Gasteiger partial charge in [0.25, 0.3) is 11.8 Å². The Hall–Kier alpha value is -2.91. The molecule has 8 nitrogen and oxygen atoms in total. The molecule has 1 fully saturated rings. The predicted octanol–water partition coefficient (Wildman–Crippen LogP) is 2.18. The van der Waals surface area contributed by atoms with Gasteiger partial charge in [-0.25, -0.2) is 10.3 Å². The molecule has 3 amide bonds. The number of ether oxygens (including phenoxy) is 2. The van der Waals surface area contributed by atoms with Crippen LogP contribution in [0.25, 0.3) is 0 Å². The van der Waals surface area contributed by atoms with Crippen molar-refractivity contribution in [3.05, 3.63) is 53.0 Å². The van der Waals surface area contributed by atoms with Crippen LogP contribution in [0.4, 0.5) is 5.69 Å². The van der Waals surface area contributed by atoms with Crippen LogP contribution < -0.4 is 25.2 Å². The topological polar surface area (TPSA) is 97.0 Å². The van der Waals surface area contributed by atoms with Gasteiger partial charge in [0, 0.05) is 4.47 Å². The fourth-order valence-electron chi connectivity index (χ4n) is 2.81. The number of amides is 3. The van der Waals surface area contributed by atoms with E-state index in [1.807, 2.05) is 6.07 Å². The Labute approximate surface area is 176 Å². The van der Waals surface area contributed by atoms with Crippen molar-refractivity contribution in [1.82, 2.24) is 10.9 Å². The average Bonchev–Trinajstić information content (AvgIpc) is 2.99. The molecule has 9 heteroatoms. The minimum absolute atomic E-state index is 0.0635. The van der Waals surface area contributed by atoms with E-state index in [1.54, 1.807) is 49.4 Å². The lowest BCUT2D eigenvalue weighted by molar-refractivity contribution is -0.129. The summed E-state index contributed by atoms with van der Waals surface area (Å²) in [6.07, 6.45) is -0.867. The van der Waals surface area contributed by atoms with Gasteiger partial charge in [-0.05, 0) is 49.4 Å². The number of hydrogen-bond donors (Lipinski definition) is 2. The highest BCUT2D eigenvalue weighted by Crippen LogP contribution is 2.25. The molecule has 0 radical (unpaired) electrons. The van der Waals surface area contributed by atoms with Crippen molar-refractivity contribution in [2.24, 2.45) is 0 Å². The normalized spacial score (nSPS) is 17.2. The van der Waals surface area contributed by atoms with Crippen molar-refractivity contribution in [1.29, 1.82) is 0 Å². The number of benzene rings is 2. The summed E-state index contributed by atoms with van der Waals surface area (Å²) < 4.78 is 11.5. The maximum atomic E-state index is 12.6. The van der Waals surface area contributed by atoms with Crippen molar-refractivity contribution >= 4 is 39.3 Å². The fourth-order valence-corrected chi connectivity index (χ4v) is 3.18. The minimum atomic E-state index is -0.855. The molecular weight excluding hydrogens is 442 g/mol. The van der Waals surface area contributed by atoms with Gasteiger partial charge in [0.1, 0.15) is 17.5 Å². The zero-order valence-electron chi connectivity index (χ0n) is 15.8. The first-order valence-corrected chi connectivity index (χ1v) is 9.67. The number of methoxy groups -OCH3 is 1. The van der Waals surface area contributed by atoms with Crippen LogP contribution in [-0.4, -0.2) is 37.0 Å². The Kier molecular flexibility index (Phi) is 6.50. The molecule has 2 aromatic carbocycles. The van der Waals surface area contributed by atoms with E-state index in [-0.39, 0.29) is 12.3 Å². The zero-order chi connectivity index (χ0) is 21.0. The van der Waals surface area contributed by atoms with Crippen molar-refractivity contribution in [2.45, 2.75) is 25.5 Å². The van der Waals surface area contributed by atoms with E-state index in [2.05, 4.69) is 26.8 Å². The molecule has 2 N–H and O–H groups in total. The van der Waals surface area contributed by atoms with E-state index in [4.69, 9.17) is 9.47 Å². The van der Waals surface area contributed by atoms with Crippen LogP contribution >= 0.6 is 15.9 Å². The van der Waals surface area contributed by atoms with E-state index in [0.29, 0.717) is 17.2 Å². The molecule has 2 atom stereocenters. The highest BCUT2D eigenvalue weighted by atomic mass is 79.9. The van der Waals surface area contributed by atoms with E-state index in [0.717, 1.165) is 9.37 Å². The van der Waals surface area contributed by atoms with E-state index in [9.17, 15) is 14.4 Å². The molecule has 0 spiro atoms. The van der Waals surface area contributed by atoms with Gasteiger partial charge in [-0.15, -0.1) is 0 Å². The molecule has 1 aliphatic heterocycles. The van der Waals surface area contributed by atoms with Crippen LogP contribution in [0.2, 0.25) is 0 Å². The van der Waals surface area contributed by atoms with Crippen molar-refractivity contribution in [3.8, 4) is 11.5 Å². The first kappa shape index (κ1) is 20.8. The lowest BCUT2D eigenvalue weighted by atomic mass is 10.2. The summed E-state index contributed by atoms with van der Waals surface area (Å²) in [6.45, 7) is 1.59. The standard InChI is InChI=1S/C20H20BrN3O5/c1-12(29-16-5-3-4-13(21)10-16)19(26)23-22-17-11-18(25)24(20(17)27)14-6-8-15(28-2)9-7-14/h3-10,12,17,22H,11H2,1-2H3,(H,23,26)/t12-,17+/m1/s1. The smallest absolute Gasteiger partial charge is 0.274 e. The number of anilines is 1. The predicted molar refractivity (Wildman–Crippen MR) is 109 cm³/mol. The van der Waals surface area contributed by atoms with Crippen LogP contribution in [-0.2, 0) is 14.4 Å². The molecule has 1 heterocycles. The molecule has 1 aliphatic rings. The maximum Gasteiger partial charge on any atom is 0.274 e. The molecular formula is C20H20BrN3O5. The zero-order valence-corrected chi connectivity index (χ0v) is 17.4. The molecule has 0 aromatic heterocycles. The summed E-state index contributed by atoms with van der Waals surface area (Å²) in [5.74, 6) is -0.117.